The lowest BCUT2D eigenvalue weighted by molar-refractivity contribution is -0.141. The first-order valence-corrected chi connectivity index (χ1v) is 9.06. The van der Waals surface area contributed by atoms with E-state index in [4.69, 9.17) is 9.47 Å². The molecule has 28 heavy (non-hydrogen) atoms. The van der Waals surface area contributed by atoms with E-state index in [9.17, 15) is 14.7 Å². The zero-order valence-electron chi connectivity index (χ0n) is 15.1. The zero-order chi connectivity index (χ0) is 19.5. The number of para-hydroxylation sites is 1. The highest BCUT2D eigenvalue weighted by Crippen LogP contribution is 2.30. The molecule has 0 saturated heterocycles. The van der Waals surface area contributed by atoms with E-state index in [-0.39, 0.29) is 18.7 Å². The average Bonchev–Trinajstić information content (AvgIpc) is 3.10. The van der Waals surface area contributed by atoms with Crippen molar-refractivity contribution < 1.29 is 24.2 Å². The SMILES string of the molecule is O=C(Cc1ccc2c(c1)OCCO2)NC(Cc1c[nH]c2ccccc12)C(=O)O. The molecule has 144 valence electrons. The number of carbonyl (C=O) groups is 2. The Kier molecular flexibility index (Phi) is 4.89. The van der Waals surface area contributed by atoms with Crippen LogP contribution in [0, 0.1) is 0 Å². The van der Waals surface area contributed by atoms with Crippen molar-refractivity contribution in [2.45, 2.75) is 18.9 Å². The molecule has 0 aliphatic carbocycles. The van der Waals surface area contributed by atoms with Crippen LogP contribution in [0.3, 0.4) is 0 Å². The van der Waals surface area contributed by atoms with E-state index in [0.29, 0.717) is 24.7 Å². The summed E-state index contributed by atoms with van der Waals surface area (Å²) in [5, 5.41) is 13.1. The molecule has 0 fully saturated rings. The van der Waals surface area contributed by atoms with Gasteiger partial charge in [0.05, 0.1) is 6.42 Å². The summed E-state index contributed by atoms with van der Waals surface area (Å²) in [5.41, 5.74) is 2.52. The van der Waals surface area contributed by atoms with Crippen LogP contribution in [0.1, 0.15) is 11.1 Å². The monoisotopic (exact) mass is 380 g/mol. The van der Waals surface area contributed by atoms with Crippen molar-refractivity contribution in [1.82, 2.24) is 10.3 Å². The average molecular weight is 380 g/mol. The third-order valence-electron chi connectivity index (χ3n) is 4.70. The summed E-state index contributed by atoms with van der Waals surface area (Å²) < 4.78 is 11.0. The number of ether oxygens (including phenoxy) is 2. The summed E-state index contributed by atoms with van der Waals surface area (Å²) in [7, 11) is 0. The predicted octanol–water partition coefficient (Wildman–Crippen LogP) is 2.29. The Hall–Kier alpha value is -3.48. The normalized spacial score (nSPS) is 13.9. The number of aromatic amines is 1. The van der Waals surface area contributed by atoms with Crippen LogP contribution in [0.15, 0.2) is 48.7 Å². The molecule has 1 aliphatic rings. The van der Waals surface area contributed by atoms with Crippen LogP contribution in [-0.4, -0.2) is 41.2 Å². The fourth-order valence-corrected chi connectivity index (χ4v) is 3.35. The molecule has 3 N–H and O–H groups in total. The van der Waals surface area contributed by atoms with Gasteiger partial charge in [0.15, 0.2) is 11.5 Å². The number of aliphatic carboxylic acids is 1. The Bertz CT molecular complexity index is 1030. The molecule has 7 heteroatoms. The molecular weight excluding hydrogens is 360 g/mol. The first-order chi connectivity index (χ1) is 13.6. The molecule has 1 atom stereocenters. The Labute approximate surface area is 161 Å². The van der Waals surface area contributed by atoms with Crippen LogP contribution >= 0.6 is 0 Å². The number of rotatable bonds is 6. The largest absolute Gasteiger partial charge is 0.486 e. The van der Waals surface area contributed by atoms with Crippen molar-refractivity contribution in [2.75, 3.05) is 13.2 Å². The highest BCUT2D eigenvalue weighted by molar-refractivity contribution is 5.87. The second kappa shape index (κ2) is 7.64. The number of aromatic nitrogens is 1. The van der Waals surface area contributed by atoms with Crippen molar-refractivity contribution in [3.05, 3.63) is 59.8 Å². The van der Waals surface area contributed by atoms with Gasteiger partial charge in [-0.25, -0.2) is 4.79 Å². The standard InChI is InChI=1S/C21H20N2O5/c24-20(10-13-5-6-18-19(9-13)28-8-7-27-18)23-17(21(25)26)11-14-12-22-16-4-2-1-3-15(14)16/h1-6,9,12,17,22H,7-8,10-11H2,(H,23,24)(H,25,26). The van der Waals surface area contributed by atoms with Gasteiger partial charge in [-0.2, -0.15) is 0 Å². The number of nitrogens with one attached hydrogen (secondary N) is 2. The minimum Gasteiger partial charge on any atom is -0.486 e. The lowest BCUT2D eigenvalue weighted by Crippen LogP contribution is -2.43. The molecule has 2 heterocycles. The number of fused-ring (bicyclic) bond motifs is 2. The summed E-state index contributed by atoms with van der Waals surface area (Å²) >= 11 is 0. The molecule has 2 aromatic carbocycles. The summed E-state index contributed by atoms with van der Waals surface area (Å²) in [4.78, 5) is 27.2. The quantitative estimate of drug-likeness (QED) is 0.609. The number of H-pyrrole nitrogens is 1. The molecule has 1 unspecified atom stereocenters. The van der Waals surface area contributed by atoms with Gasteiger partial charge in [0.2, 0.25) is 5.91 Å². The third kappa shape index (κ3) is 3.78. The first-order valence-electron chi connectivity index (χ1n) is 9.06. The Morgan fingerprint density at radius 1 is 1.11 bits per heavy atom. The Balaban J connectivity index is 1.44. The number of hydrogen-bond donors (Lipinski definition) is 3. The Morgan fingerprint density at radius 3 is 2.71 bits per heavy atom. The summed E-state index contributed by atoms with van der Waals surface area (Å²) in [5.74, 6) is -0.173. The molecule has 0 spiro atoms. The lowest BCUT2D eigenvalue weighted by Gasteiger charge is -2.19. The van der Waals surface area contributed by atoms with Gasteiger partial charge in [-0.1, -0.05) is 24.3 Å². The van der Waals surface area contributed by atoms with Gasteiger partial charge in [-0.15, -0.1) is 0 Å². The summed E-state index contributed by atoms with van der Waals surface area (Å²) in [6.45, 7) is 0.968. The second-order valence-corrected chi connectivity index (χ2v) is 6.68. The molecule has 1 aromatic heterocycles. The minimum absolute atomic E-state index is 0.0638. The van der Waals surface area contributed by atoms with Crippen molar-refractivity contribution in [3.8, 4) is 11.5 Å². The molecule has 3 aromatic rings. The van der Waals surface area contributed by atoms with Crippen LogP contribution in [0.2, 0.25) is 0 Å². The highest BCUT2D eigenvalue weighted by atomic mass is 16.6. The smallest absolute Gasteiger partial charge is 0.326 e. The van der Waals surface area contributed by atoms with Crippen molar-refractivity contribution in [3.63, 3.8) is 0 Å². The van der Waals surface area contributed by atoms with E-state index in [1.165, 1.54) is 0 Å². The number of carboxylic acid groups (broad SMARTS) is 1. The van der Waals surface area contributed by atoms with E-state index in [1.807, 2.05) is 24.3 Å². The fourth-order valence-electron chi connectivity index (χ4n) is 3.35. The van der Waals surface area contributed by atoms with Gasteiger partial charge in [0.1, 0.15) is 19.3 Å². The molecule has 4 rings (SSSR count). The topological polar surface area (TPSA) is 101 Å². The Morgan fingerprint density at radius 2 is 1.89 bits per heavy atom. The number of carbonyl (C=O) groups excluding carboxylic acids is 1. The molecule has 1 aliphatic heterocycles. The highest BCUT2D eigenvalue weighted by Gasteiger charge is 2.22. The van der Waals surface area contributed by atoms with Gasteiger partial charge >= 0.3 is 5.97 Å². The molecule has 0 bridgehead atoms. The molecule has 1 amide bonds. The van der Waals surface area contributed by atoms with Gasteiger partial charge in [0, 0.05) is 23.5 Å². The maximum Gasteiger partial charge on any atom is 0.326 e. The number of carboxylic acids is 1. The van der Waals surface area contributed by atoms with Gasteiger partial charge in [0.25, 0.3) is 0 Å². The molecule has 7 nitrogen and oxygen atoms in total. The predicted molar refractivity (Wildman–Crippen MR) is 103 cm³/mol. The van der Waals surface area contributed by atoms with E-state index < -0.39 is 12.0 Å². The van der Waals surface area contributed by atoms with Gasteiger partial charge in [-0.3, -0.25) is 4.79 Å². The van der Waals surface area contributed by atoms with Crippen molar-refractivity contribution in [2.24, 2.45) is 0 Å². The number of hydrogen-bond acceptors (Lipinski definition) is 4. The minimum atomic E-state index is -1.07. The summed E-state index contributed by atoms with van der Waals surface area (Å²) in [6, 6.07) is 11.9. The maximum atomic E-state index is 12.4. The van der Waals surface area contributed by atoms with Gasteiger partial charge in [-0.05, 0) is 29.3 Å². The first kappa shape index (κ1) is 17.9. The maximum absolute atomic E-state index is 12.4. The van der Waals surface area contributed by atoms with Crippen LogP contribution in [0.5, 0.6) is 11.5 Å². The molecule has 0 radical (unpaired) electrons. The van der Waals surface area contributed by atoms with Gasteiger partial charge < -0.3 is 24.9 Å². The van der Waals surface area contributed by atoms with Crippen molar-refractivity contribution >= 4 is 22.8 Å². The second-order valence-electron chi connectivity index (χ2n) is 6.68. The van der Waals surface area contributed by atoms with Crippen LogP contribution in [-0.2, 0) is 22.4 Å². The fraction of sp³-hybridized carbons (Fsp3) is 0.238. The van der Waals surface area contributed by atoms with Crippen molar-refractivity contribution in [1.29, 1.82) is 0 Å². The van der Waals surface area contributed by atoms with Crippen LogP contribution in [0.4, 0.5) is 0 Å². The number of amides is 1. The number of benzene rings is 2. The molecular formula is C21H20N2O5. The van der Waals surface area contributed by atoms with E-state index in [0.717, 1.165) is 22.0 Å². The van der Waals surface area contributed by atoms with Crippen LogP contribution in [0.25, 0.3) is 10.9 Å². The van der Waals surface area contributed by atoms with E-state index in [2.05, 4.69) is 10.3 Å². The lowest BCUT2D eigenvalue weighted by atomic mass is 10.0. The summed E-state index contributed by atoms with van der Waals surface area (Å²) in [6.07, 6.45) is 2.05. The third-order valence-corrected chi connectivity index (χ3v) is 4.70. The van der Waals surface area contributed by atoms with E-state index >= 15 is 0 Å². The molecule has 0 saturated carbocycles. The zero-order valence-corrected chi connectivity index (χ0v) is 15.1. The van der Waals surface area contributed by atoms with Crippen LogP contribution < -0.4 is 14.8 Å². The van der Waals surface area contributed by atoms with E-state index in [1.54, 1.807) is 24.4 Å².